The molecule has 2 rings (SSSR count). The van der Waals surface area contributed by atoms with Crippen LogP contribution in [-0.4, -0.2) is 11.0 Å². The van der Waals surface area contributed by atoms with Gasteiger partial charge in [-0.15, -0.1) is 11.3 Å². The molecule has 2 nitrogen and oxygen atoms in total. The summed E-state index contributed by atoms with van der Waals surface area (Å²) < 4.78 is 0. The molecule has 18 heavy (non-hydrogen) atoms. The smallest absolute Gasteiger partial charge is 0.0935 e. The number of nitrogens with zero attached hydrogens (tertiary/aromatic N) is 1. The second-order valence-corrected chi connectivity index (χ2v) is 5.96. The van der Waals surface area contributed by atoms with Gasteiger partial charge in [0.2, 0.25) is 0 Å². The van der Waals surface area contributed by atoms with Crippen molar-refractivity contribution in [3.63, 3.8) is 0 Å². The Morgan fingerprint density at radius 1 is 1.22 bits per heavy atom. The van der Waals surface area contributed by atoms with Crippen molar-refractivity contribution < 1.29 is 0 Å². The van der Waals surface area contributed by atoms with E-state index in [1.807, 2.05) is 18.2 Å². The van der Waals surface area contributed by atoms with Gasteiger partial charge in [-0.1, -0.05) is 37.3 Å². The first-order valence-corrected chi connectivity index (χ1v) is 7.28. The summed E-state index contributed by atoms with van der Waals surface area (Å²) in [6.45, 7) is 4.31. The third kappa shape index (κ3) is 3.65. The predicted octanol–water partition coefficient (Wildman–Crippen LogP) is 3.73. The molecular weight excluding hydrogens is 240 g/mol. The first-order chi connectivity index (χ1) is 8.65. The van der Waals surface area contributed by atoms with Crippen molar-refractivity contribution in [1.29, 1.82) is 0 Å². The summed E-state index contributed by atoms with van der Waals surface area (Å²) in [5.41, 5.74) is 8.11. The van der Waals surface area contributed by atoms with Crippen molar-refractivity contribution >= 4 is 11.3 Å². The Morgan fingerprint density at radius 3 is 2.61 bits per heavy atom. The van der Waals surface area contributed by atoms with Gasteiger partial charge in [0.15, 0.2) is 0 Å². The fourth-order valence-corrected chi connectivity index (χ4v) is 3.13. The van der Waals surface area contributed by atoms with Crippen LogP contribution in [-0.2, 0) is 6.42 Å². The van der Waals surface area contributed by atoms with Crippen LogP contribution in [0, 0.1) is 5.92 Å². The summed E-state index contributed by atoms with van der Waals surface area (Å²) in [7, 11) is 0. The van der Waals surface area contributed by atoms with E-state index in [-0.39, 0.29) is 6.04 Å². The van der Waals surface area contributed by atoms with Gasteiger partial charge in [-0.2, -0.15) is 0 Å². The number of benzene rings is 1. The fraction of sp³-hybridized carbons (Fsp3) is 0.400. The number of nitrogens with two attached hydrogens (primary N) is 1. The fourth-order valence-electron chi connectivity index (χ4n) is 2.16. The van der Waals surface area contributed by atoms with E-state index < -0.39 is 0 Å². The van der Waals surface area contributed by atoms with Gasteiger partial charge in [0.05, 0.1) is 10.7 Å². The molecule has 3 heteroatoms. The third-order valence-corrected chi connectivity index (χ3v) is 3.79. The normalized spacial score (nSPS) is 14.4. The lowest BCUT2D eigenvalue weighted by atomic mass is 10.0. The zero-order valence-corrected chi connectivity index (χ0v) is 11.8. The Balaban J connectivity index is 2.03. The quantitative estimate of drug-likeness (QED) is 0.889. The number of hydrogen-bond acceptors (Lipinski definition) is 3. The van der Waals surface area contributed by atoms with E-state index in [2.05, 4.69) is 31.4 Å². The molecule has 0 bridgehead atoms. The molecule has 2 aromatic rings. The van der Waals surface area contributed by atoms with Gasteiger partial charge in [-0.3, -0.25) is 0 Å². The highest BCUT2D eigenvalue weighted by Crippen LogP contribution is 2.23. The van der Waals surface area contributed by atoms with Crippen LogP contribution in [0.25, 0.3) is 11.3 Å². The molecule has 1 aromatic heterocycles. The average Bonchev–Trinajstić information content (AvgIpc) is 2.77. The Kier molecular flexibility index (Phi) is 4.50. The zero-order chi connectivity index (χ0) is 13.0. The summed E-state index contributed by atoms with van der Waals surface area (Å²) >= 11 is 1.75. The first-order valence-electron chi connectivity index (χ1n) is 6.40. The minimum atomic E-state index is 0.272. The molecule has 96 valence electrons. The molecule has 0 saturated heterocycles. The molecule has 1 aromatic carbocycles. The van der Waals surface area contributed by atoms with Gasteiger partial charge in [-0.25, -0.2) is 4.98 Å². The van der Waals surface area contributed by atoms with Crippen LogP contribution in [0.15, 0.2) is 35.7 Å². The van der Waals surface area contributed by atoms with Crippen LogP contribution in [0.4, 0.5) is 0 Å². The van der Waals surface area contributed by atoms with Crippen molar-refractivity contribution in [2.75, 3.05) is 0 Å². The molecule has 0 amide bonds. The molecule has 0 aliphatic carbocycles. The number of aromatic nitrogens is 1. The Labute approximate surface area is 113 Å². The lowest BCUT2D eigenvalue weighted by Crippen LogP contribution is -2.19. The Morgan fingerprint density at radius 2 is 1.94 bits per heavy atom. The standard InChI is InChI=1S/C15H20N2S/c1-11(8-12(2)16)9-15-17-14(10-18-15)13-6-4-3-5-7-13/h3-7,10-12H,8-9,16H2,1-2H3. The maximum absolute atomic E-state index is 5.83. The lowest BCUT2D eigenvalue weighted by molar-refractivity contribution is 0.479. The second kappa shape index (κ2) is 6.12. The maximum atomic E-state index is 5.83. The van der Waals surface area contributed by atoms with E-state index in [0.717, 1.165) is 18.5 Å². The van der Waals surface area contributed by atoms with E-state index in [4.69, 9.17) is 10.7 Å². The predicted molar refractivity (Wildman–Crippen MR) is 78.7 cm³/mol. The van der Waals surface area contributed by atoms with Crippen molar-refractivity contribution in [2.45, 2.75) is 32.7 Å². The highest BCUT2D eigenvalue weighted by molar-refractivity contribution is 7.09. The Bertz CT molecular complexity index is 476. The Hall–Kier alpha value is -1.19. The summed E-state index contributed by atoms with van der Waals surface area (Å²) in [5.74, 6) is 0.597. The van der Waals surface area contributed by atoms with Gasteiger partial charge < -0.3 is 5.73 Å². The van der Waals surface area contributed by atoms with Crippen LogP contribution < -0.4 is 5.73 Å². The molecular formula is C15H20N2S. The SMILES string of the molecule is CC(N)CC(C)Cc1nc(-c2ccccc2)cs1. The van der Waals surface area contributed by atoms with Crippen molar-refractivity contribution in [2.24, 2.45) is 11.7 Å². The van der Waals surface area contributed by atoms with Crippen molar-refractivity contribution in [1.82, 2.24) is 4.98 Å². The second-order valence-electron chi connectivity index (χ2n) is 5.01. The van der Waals surface area contributed by atoms with E-state index in [1.165, 1.54) is 10.6 Å². The van der Waals surface area contributed by atoms with Crippen molar-refractivity contribution in [3.8, 4) is 11.3 Å². The molecule has 2 unspecified atom stereocenters. The summed E-state index contributed by atoms with van der Waals surface area (Å²) in [4.78, 5) is 4.71. The number of thiazole rings is 1. The average molecular weight is 260 g/mol. The minimum Gasteiger partial charge on any atom is -0.328 e. The number of hydrogen-bond donors (Lipinski definition) is 1. The zero-order valence-electron chi connectivity index (χ0n) is 11.0. The monoisotopic (exact) mass is 260 g/mol. The van der Waals surface area contributed by atoms with Crippen LogP contribution in [0.3, 0.4) is 0 Å². The molecule has 0 spiro atoms. The summed E-state index contributed by atoms with van der Waals surface area (Å²) in [5, 5.41) is 3.35. The van der Waals surface area contributed by atoms with E-state index in [0.29, 0.717) is 5.92 Å². The van der Waals surface area contributed by atoms with Gasteiger partial charge in [-0.05, 0) is 19.3 Å². The highest BCUT2D eigenvalue weighted by Gasteiger charge is 2.10. The molecule has 2 atom stereocenters. The van der Waals surface area contributed by atoms with Crippen LogP contribution >= 0.6 is 11.3 Å². The molecule has 0 fully saturated rings. The van der Waals surface area contributed by atoms with Gasteiger partial charge in [0.1, 0.15) is 0 Å². The van der Waals surface area contributed by atoms with Gasteiger partial charge in [0.25, 0.3) is 0 Å². The minimum absolute atomic E-state index is 0.272. The van der Waals surface area contributed by atoms with Crippen LogP contribution in [0.1, 0.15) is 25.3 Å². The van der Waals surface area contributed by atoms with Gasteiger partial charge >= 0.3 is 0 Å². The van der Waals surface area contributed by atoms with E-state index >= 15 is 0 Å². The van der Waals surface area contributed by atoms with E-state index in [9.17, 15) is 0 Å². The first kappa shape index (κ1) is 13.2. The lowest BCUT2D eigenvalue weighted by Gasteiger charge is -2.11. The topological polar surface area (TPSA) is 38.9 Å². The van der Waals surface area contributed by atoms with E-state index in [1.54, 1.807) is 11.3 Å². The molecule has 0 radical (unpaired) electrons. The molecule has 1 heterocycles. The summed E-state index contributed by atoms with van der Waals surface area (Å²) in [6, 6.07) is 10.6. The number of rotatable bonds is 5. The summed E-state index contributed by atoms with van der Waals surface area (Å²) in [6.07, 6.45) is 2.08. The van der Waals surface area contributed by atoms with Gasteiger partial charge in [0, 0.05) is 23.4 Å². The van der Waals surface area contributed by atoms with Crippen LogP contribution in [0.2, 0.25) is 0 Å². The molecule has 0 saturated carbocycles. The largest absolute Gasteiger partial charge is 0.328 e. The maximum Gasteiger partial charge on any atom is 0.0935 e. The van der Waals surface area contributed by atoms with Crippen molar-refractivity contribution in [3.05, 3.63) is 40.7 Å². The third-order valence-electron chi connectivity index (χ3n) is 2.92. The highest BCUT2D eigenvalue weighted by atomic mass is 32.1. The van der Waals surface area contributed by atoms with Crippen LogP contribution in [0.5, 0.6) is 0 Å². The molecule has 0 aliphatic heterocycles. The molecule has 0 aliphatic rings. The molecule has 2 N–H and O–H groups in total.